The molecule has 0 amide bonds. The Labute approximate surface area is 81.1 Å². The maximum absolute atomic E-state index is 5.98. The molecule has 1 aromatic heterocycles. The van der Waals surface area contributed by atoms with E-state index in [1.54, 1.807) is 11.3 Å². The van der Waals surface area contributed by atoms with Crippen LogP contribution in [0, 0.1) is 0 Å². The highest BCUT2D eigenvalue weighted by Gasteiger charge is 2.07. The van der Waals surface area contributed by atoms with Gasteiger partial charge in [-0.3, -0.25) is 0 Å². The predicted molar refractivity (Wildman–Crippen MR) is 53.0 cm³/mol. The Bertz CT molecular complexity index is 220. The van der Waals surface area contributed by atoms with Gasteiger partial charge < -0.3 is 0 Å². The van der Waals surface area contributed by atoms with Crippen LogP contribution in [0.15, 0.2) is 11.4 Å². The number of rotatable bonds is 3. The van der Waals surface area contributed by atoms with Crippen LogP contribution in [-0.2, 0) is 6.42 Å². The van der Waals surface area contributed by atoms with Gasteiger partial charge in [-0.2, -0.15) is 0 Å². The molecule has 0 aliphatic heterocycles. The minimum absolute atomic E-state index is 0.228. The number of hydrogen-bond donors (Lipinski definition) is 0. The lowest BCUT2D eigenvalue weighted by atomic mass is 10.2. The molecule has 0 spiro atoms. The molecule has 0 radical (unpaired) electrons. The van der Waals surface area contributed by atoms with Gasteiger partial charge >= 0.3 is 0 Å². The third kappa shape index (κ3) is 2.66. The van der Waals surface area contributed by atoms with E-state index < -0.39 is 0 Å². The van der Waals surface area contributed by atoms with Gasteiger partial charge in [-0.05, 0) is 24.3 Å². The molecule has 62 valence electrons. The van der Waals surface area contributed by atoms with E-state index in [2.05, 4.69) is 6.92 Å². The molecule has 0 bridgehead atoms. The zero-order chi connectivity index (χ0) is 8.27. The molecule has 1 rings (SSSR count). The Kier molecular flexibility index (Phi) is 3.70. The van der Waals surface area contributed by atoms with Crippen molar-refractivity contribution in [2.45, 2.75) is 25.1 Å². The van der Waals surface area contributed by atoms with Crippen molar-refractivity contribution >= 4 is 34.5 Å². The Morgan fingerprint density at radius 2 is 2.36 bits per heavy atom. The molecule has 1 unspecified atom stereocenters. The number of thiophene rings is 1. The minimum Gasteiger partial charge on any atom is -0.147 e. The second kappa shape index (κ2) is 4.34. The normalized spacial score (nSPS) is 13.4. The van der Waals surface area contributed by atoms with Gasteiger partial charge in [0.25, 0.3) is 0 Å². The molecular weight excluding hydrogens is 199 g/mol. The molecule has 0 aliphatic rings. The molecule has 1 heterocycles. The lowest BCUT2D eigenvalue weighted by Gasteiger charge is -2.03. The van der Waals surface area contributed by atoms with Crippen molar-refractivity contribution < 1.29 is 0 Å². The number of alkyl halides is 1. The Morgan fingerprint density at radius 3 is 2.82 bits per heavy atom. The summed E-state index contributed by atoms with van der Waals surface area (Å²) >= 11 is 13.5. The Morgan fingerprint density at radius 1 is 1.64 bits per heavy atom. The average molecular weight is 209 g/mol. The highest BCUT2D eigenvalue weighted by molar-refractivity contribution is 7.10. The quantitative estimate of drug-likeness (QED) is 0.661. The summed E-state index contributed by atoms with van der Waals surface area (Å²) in [4.78, 5) is 1.20. The maximum atomic E-state index is 5.98. The van der Waals surface area contributed by atoms with Crippen LogP contribution in [0.3, 0.4) is 0 Å². The van der Waals surface area contributed by atoms with Gasteiger partial charge in [0.1, 0.15) is 0 Å². The van der Waals surface area contributed by atoms with Crippen molar-refractivity contribution in [3.8, 4) is 0 Å². The van der Waals surface area contributed by atoms with Crippen LogP contribution < -0.4 is 0 Å². The lowest BCUT2D eigenvalue weighted by molar-refractivity contribution is 0.814. The number of hydrogen-bond acceptors (Lipinski definition) is 1. The molecule has 0 saturated carbocycles. The molecule has 3 heteroatoms. The largest absolute Gasteiger partial charge is 0.147 e. The fourth-order valence-electron chi connectivity index (χ4n) is 0.816. The monoisotopic (exact) mass is 208 g/mol. The van der Waals surface area contributed by atoms with E-state index in [9.17, 15) is 0 Å². The lowest BCUT2D eigenvalue weighted by Crippen LogP contribution is -1.99. The van der Waals surface area contributed by atoms with Crippen molar-refractivity contribution in [3.05, 3.63) is 21.3 Å². The molecule has 1 aromatic rings. The summed E-state index contributed by atoms with van der Waals surface area (Å²) in [5.74, 6) is 0. The Balaban J connectivity index is 2.56. The van der Waals surface area contributed by atoms with E-state index >= 15 is 0 Å². The second-order valence-electron chi connectivity index (χ2n) is 2.40. The van der Waals surface area contributed by atoms with Crippen LogP contribution in [0.5, 0.6) is 0 Å². The Hall–Kier alpha value is 0.280. The summed E-state index contributed by atoms with van der Waals surface area (Å²) in [5, 5.41) is 3.08. The van der Waals surface area contributed by atoms with Gasteiger partial charge in [0.15, 0.2) is 0 Å². The van der Waals surface area contributed by atoms with Gasteiger partial charge in [0.05, 0.1) is 5.02 Å². The van der Waals surface area contributed by atoms with E-state index in [1.165, 1.54) is 4.88 Å². The standard InChI is InChI=1S/C8H10Cl2S/c1-2-6(9)5-8-7(10)3-4-11-8/h3-4,6H,2,5H2,1H3. The molecule has 0 aliphatic carbocycles. The first-order chi connectivity index (χ1) is 5.24. The van der Waals surface area contributed by atoms with Gasteiger partial charge in [-0.15, -0.1) is 22.9 Å². The van der Waals surface area contributed by atoms with Crippen LogP contribution in [0.4, 0.5) is 0 Å². The summed E-state index contributed by atoms with van der Waals surface area (Å²) in [5.41, 5.74) is 0. The van der Waals surface area contributed by atoms with Crippen LogP contribution >= 0.6 is 34.5 Å². The smallest absolute Gasteiger partial charge is 0.0545 e. The molecular formula is C8H10Cl2S. The van der Waals surface area contributed by atoms with Gasteiger partial charge in [0.2, 0.25) is 0 Å². The molecule has 0 nitrogen and oxygen atoms in total. The zero-order valence-electron chi connectivity index (χ0n) is 6.31. The summed E-state index contributed by atoms with van der Waals surface area (Å²) in [7, 11) is 0. The highest BCUT2D eigenvalue weighted by Crippen LogP contribution is 2.25. The van der Waals surface area contributed by atoms with Crippen molar-refractivity contribution in [2.24, 2.45) is 0 Å². The summed E-state index contributed by atoms with van der Waals surface area (Å²) in [6, 6.07) is 1.92. The van der Waals surface area contributed by atoms with Crippen molar-refractivity contribution in [1.82, 2.24) is 0 Å². The SMILES string of the molecule is CCC(Cl)Cc1sccc1Cl. The topological polar surface area (TPSA) is 0 Å². The molecule has 0 aromatic carbocycles. The second-order valence-corrected chi connectivity index (χ2v) is 4.43. The maximum Gasteiger partial charge on any atom is 0.0545 e. The fraction of sp³-hybridized carbons (Fsp3) is 0.500. The fourth-order valence-corrected chi connectivity index (χ4v) is 2.26. The molecule has 11 heavy (non-hydrogen) atoms. The van der Waals surface area contributed by atoms with Crippen LogP contribution in [-0.4, -0.2) is 5.38 Å². The van der Waals surface area contributed by atoms with E-state index in [0.717, 1.165) is 17.9 Å². The van der Waals surface area contributed by atoms with E-state index in [1.807, 2.05) is 11.4 Å². The van der Waals surface area contributed by atoms with Gasteiger partial charge in [-0.1, -0.05) is 18.5 Å². The van der Waals surface area contributed by atoms with Gasteiger partial charge in [0, 0.05) is 10.3 Å². The van der Waals surface area contributed by atoms with Crippen molar-refractivity contribution in [3.63, 3.8) is 0 Å². The average Bonchev–Trinajstić information content (AvgIpc) is 2.37. The summed E-state index contributed by atoms with van der Waals surface area (Å²) < 4.78 is 0. The zero-order valence-corrected chi connectivity index (χ0v) is 8.64. The first-order valence-electron chi connectivity index (χ1n) is 3.60. The first-order valence-corrected chi connectivity index (χ1v) is 5.29. The van der Waals surface area contributed by atoms with Crippen LogP contribution in [0.2, 0.25) is 5.02 Å². The summed E-state index contributed by atoms with van der Waals surface area (Å²) in [6.07, 6.45) is 1.89. The van der Waals surface area contributed by atoms with E-state index in [-0.39, 0.29) is 5.38 Å². The first kappa shape index (κ1) is 9.37. The third-order valence-corrected chi connectivity index (χ3v) is 3.41. The van der Waals surface area contributed by atoms with Crippen molar-refractivity contribution in [1.29, 1.82) is 0 Å². The van der Waals surface area contributed by atoms with Crippen LogP contribution in [0.25, 0.3) is 0 Å². The molecule has 0 saturated heterocycles. The predicted octanol–water partition coefficient (Wildman–Crippen LogP) is 3.96. The molecule has 0 fully saturated rings. The molecule has 1 atom stereocenters. The van der Waals surface area contributed by atoms with Gasteiger partial charge in [-0.25, -0.2) is 0 Å². The minimum atomic E-state index is 0.228. The van der Waals surface area contributed by atoms with E-state index in [0.29, 0.717) is 0 Å². The highest BCUT2D eigenvalue weighted by atomic mass is 35.5. The third-order valence-electron chi connectivity index (χ3n) is 1.54. The number of halogens is 2. The van der Waals surface area contributed by atoms with E-state index in [4.69, 9.17) is 23.2 Å². The summed E-state index contributed by atoms with van der Waals surface area (Å²) in [6.45, 7) is 2.08. The van der Waals surface area contributed by atoms with Crippen molar-refractivity contribution in [2.75, 3.05) is 0 Å². The molecule has 0 N–H and O–H groups in total. The van der Waals surface area contributed by atoms with Crippen LogP contribution in [0.1, 0.15) is 18.2 Å².